The van der Waals surface area contributed by atoms with Gasteiger partial charge in [0.2, 0.25) is 0 Å². The number of aliphatic hydroxyl groups excluding tert-OH is 1. The quantitative estimate of drug-likeness (QED) is 0.302. The van der Waals surface area contributed by atoms with E-state index < -0.39 is 0 Å². The monoisotopic (exact) mass is 262 g/mol. The number of aliphatic hydroxyl groups is 1. The molecule has 0 aliphatic heterocycles. The van der Waals surface area contributed by atoms with Crippen LogP contribution < -0.4 is 0 Å². The molecule has 19 heavy (non-hydrogen) atoms. The summed E-state index contributed by atoms with van der Waals surface area (Å²) in [6.45, 7) is 4.34. The lowest BCUT2D eigenvalue weighted by Crippen LogP contribution is -1.98. The second kappa shape index (κ2) is 15.0. The van der Waals surface area contributed by atoms with E-state index in [9.17, 15) is 5.11 Å². The van der Waals surface area contributed by atoms with Crippen LogP contribution in [0.15, 0.2) is 48.6 Å². The van der Waals surface area contributed by atoms with Crippen molar-refractivity contribution in [2.75, 3.05) is 0 Å². The molecule has 1 unspecified atom stereocenters. The average molecular weight is 262 g/mol. The summed E-state index contributed by atoms with van der Waals surface area (Å²) in [5.74, 6) is 0. The van der Waals surface area contributed by atoms with Crippen LogP contribution in [-0.2, 0) is 0 Å². The molecule has 108 valence electrons. The van der Waals surface area contributed by atoms with Crippen molar-refractivity contribution in [1.82, 2.24) is 0 Å². The Morgan fingerprint density at radius 2 is 1.74 bits per heavy atom. The first kappa shape index (κ1) is 17.9. The fourth-order valence-electron chi connectivity index (χ4n) is 1.64. The molecule has 0 amide bonds. The number of hydrogen-bond donors (Lipinski definition) is 1. The predicted molar refractivity (Wildman–Crippen MR) is 86.2 cm³/mol. The molecule has 0 spiro atoms. The van der Waals surface area contributed by atoms with Crippen LogP contribution in [0.25, 0.3) is 0 Å². The van der Waals surface area contributed by atoms with Gasteiger partial charge in [-0.2, -0.15) is 0 Å². The highest BCUT2D eigenvalue weighted by Crippen LogP contribution is 2.02. The Morgan fingerprint density at radius 3 is 2.47 bits per heavy atom. The number of allylic oxidation sites excluding steroid dienone is 6. The second-order valence-electron chi connectivity index (χ2n) is 4.70. The van der Waals surface area contributed by atoms with Crippen LogP contribution in [0.4, 0.5) is 0 Å². The molecular weight excluding hydrogens is 232 g/mol. The van der Waals surface area contributed by atoms with Gasteiger partial charge in [-0.05, 0) is 32.1 Å². The van der Waals surface area contributed by atoms with Crippen molar-refractivity contribution in [3.63, 3.8) is 0 Å². The van der Waals surface area contributed by atoms with Crippen LogP contribution in [0, 0.1) is 0 Å². The number of unbranched alkanes of at least 4 members (excludes halogenated alkanes) is 3. The van der Waals surface area contributed by atoms with Crippen LogP contribution in [0.3, 0.4) is 0 Å². The first-order valence-corrected chi connectivity index (χ1v) is 7.62. The lowest BCUT2D eigenvalue weighted by atomic mass is 10.1. The normalized spacial score (nSPS) is 14.5. The summed E-state index contributed by atoms with van der Waals surface area (Å²) in [6, 6.07) is 0. The minimum Gasteiger partial charge on any atom is -0.389 e. The molecule has 0 saturated carbocycles. The number of hydrogen-bond acceptors (Lipinski definition) is 1. The third-order valence-electron chi connectivity index (χ3n) is 2.77. The molecule has 0 bridgehead atoms. The molecular formula is C18H30O. The molecule has 0 aliphatic rings. The van der Waals surface area contributed by atoms with Gasteiger partial charge in [-0.3, -0.25) is 0 Å². The third kappa shape index (κ3) is 14.9. The molecule has 0 aromatic rings. The van der Waals surface area contributed by atoms with E-state index in [1.807, 2.05) is 18.2 Å². The van der Waals surface area contributed by atoms with Crippen LogP contribution in [0.1, 0.15) is 58.8 Å². The molecule has 0 fully saturated rings. The average Bonchev–Trinajstić information content (AvgIpc) is 2.41. The zero-order valence-corrected chi connectivity index (χ0v) is 12.6. The Morgan fingerprint density at radius 1 is 0.895 bits per heavy atom. The van der Waals surface area contributed by atoms with E-state index in [-0.39, 0.29) is 6.10 Å². The van der Waals surface area contributed by atoms with Crippen LogP contribution in [0.5, 0.6) is 0 Å². The van der Waals surface area contributed by atoms with Gasteiger partial charge in [0.15, 0.2) is 0 Å². The first-order valence-electron chi connectivity index (χ1n) is 7.62. The molecule has 1 heteroatoms. The van der Waals surface area contributed by atoms with Gasteiger partial charge in [-0.25, -0.2) is 0 Å². The zero-order valence-electron chi connectivity index (χ0n) is 12.6. The molecule has 1 N–H and O–H groups in total. The molecule has 0 heterocycles. The Bertz CT molecular complexity index is 284. The van der Waals surface area contributed by atoms with Gasteiger partial charge in [0.05, 0.1) is 6.10 Å². The van der Waals surface area contributed by atoms with Crippen molar-refractivity contribution in [1.29, 1.82) is 0 Å². The van der Waals surface area contributed by atoms with Crippen molar-refractivity contribution in [3.05, 3.63) is 48.6 Å². The summed E-state index contributed by atoms with van der Waals surface area (Å²) in [6.07, 6.45) is 23.8. The Hall–Kier alpha value is -1.08. The summed E-state index contributed by atoms with van der Waals surface area (Å²) >= 11 is 0. The standard InChI is InChI=1S/C18H30O/c1-3-5-7-9-11-13-15-17-18(19)16-14-12-10-8-6-4-2/h5,7,11-15,17-19H,3-4,6,8-10,16H2,1-2H3. The summed E-state index contributed by atoms with van der Waals surface area (Å²) in [7, 11) is 0. The topological polar surface area (TPSA) is 20.2 Å². The van der Waals surface area contributed by atoms with Crippen molar-refractivity contribution in [3.8, 4) is 0 Å². The highest BCUT2D eigenvalue weighted by molar-refractivity contribution is 5.07. The minimum atomic E-state index is -0.363. The van der Waals surface area contributed by atoms with Gasteiger partial charge in [-0.15, -0.1) is 0 Å². The molecule has 0 rings (SSSR count). The first-order chi connectivity index (χ1) is 9.31. The molecule has 1 nitrogen and oxygen atoms in total. The summed E-state index contributed by atoms with van der Waals surface area (Å²) in [5, 5.41) is 9.71. The van der Waals surface area contributed by atoms with E-state index in [0.717, 1.165) is 19.3 Å². The molecule has 1 atom stereocenters. The highest BCUT2D eigenvalue weighted by Gasteiger charge is 1.92. The molecule has 0 saturated heterocycles. The maximum atomic E-state index is 9.71. The molecule has 0 aliphatic carbocycles. The van der Waals surface area contributed by atoms with Crippen molar-refractivity contribution < 1.29 is 5.11 Å². The summed E-state index contributed by atoms with van der Waals surface area (Å²) < 4.78 is 0. The Balaban J connectivity index is 3.61. The highest BCUT2D eigenvalue weighted by atomic mass is 16.3. The lowest BCUT2D eigenvalue weighted by molar-refractivity contribution is 0.227. The van der Waals surface area contributed by atoms with Crippen LogP contribution in [0.2, 0.25) is 0 Å². The van der Waals surface area contributed by atoms with Gasteiger partial charge in [0.1, 0.15) is 0 Å². The fourth-order valence-corrected chi connectivity index (χ4v) is 1.64. The lowest BCUT2D eigenvalue weighted by Gasteiger charge is -1.99. The maximum absolute atomic E-state index is 9.71. The maximum Gasteiger partial charge on any atom is 0.0758 e. The van der Waals surface area contributed by atoms with Crippen LogP contribution in [-0.4, -0.2) is 11.2 Å². The Kier molecular flexibility index (Phi) is 14.1. The molecule has 0 aromatic carbocycles. The van der Waals surface area contributed by atoms with Gasteiger partial charge < -0.3 is 5.11 Å². The van der Waals surface area contributed by atoms with Gasteiger partial charge in [0, 0.05) is 0 Å². The third-order valence-corrected chi connectivity index (χ3v) is 2.77. The smallest absolute Gasteiger partial charge is 0.0758 e. The van der Waals surface area contributed by atoms with E-state index in [0.29, 0.717) is 6.42 Å². The largest absolute Gasteiger partial charge is 0.389 e. The van der Waals surface area contributed by atoms with Gasteiger partial charge in [-0.1, -0.05) is 75.3 Å². The zero-order chi connectivity index (χ0) is 14.2. The van der Waals surface area contributed by atoms with E-state index in [2.05, 4.69) is 44.2 Å². The van der Waals surface area contributed by atoms with Gasteiger partial charge in [0.25, 0.3) is 0 Å². The van der Waals surface area contributed by atoms with Crippen molar-refractivity contribution in [2.45, 2.75) is 64.9 Å². The predicted octanol–water partition coefficient (Wildman–Crippen LogP) is 5.34. The summed E-state index contributed by atoms with van der Waals surface area (Å²) in [5.41, 5.74) is 0. The van der Waals surface area contributed by atoms with E-state index in [4.69, 9.17) is 0 Å². The van der Waals surface area contributed by atoms with Crippen molar-refractivity contribution in [2.24, 2.45) is 0 Å². The Labute approximate surface area is 119 Å². The second-order valence-corrected chi connectivity index (χ2v) is 4.70. The van der Waals surface area contributed by atoms with E-state index >= 15 is 0 Å². The molecule has 0 aromatic heterocycles. The van der Waals surface area contributed by atoms with E-state index in [1.165, 1.54) is 19.3 Å². The molecule has 0 radical (unpaired) electrons. The fraction of sp³-hybridized carbons (Fsp3) is 0.556. The summed E-state index contributed by atoms with van der Waals surface area (Å²) in [4.78, 5) is 0. The van der Waals surface area contributed by atoms with Gasteiger partial charge >= 0.3 is 0 Å². The number of rotatable bonds is 11. The SMILES string of the molecule is CCC=CCC=CC=CC(O)CC=CCCCCC. The minimum absolute atomic E-state index is 0.363. The van der Waals surface area contributed by atoms with Crippen LogP contribution >= 0.6 is 0 Å². The van der Waals surface area contributed by atoms with E-state index in [1.54, 1.807) is 0 Å². The van der Waals surface area contributed by atoms with Crippen molar-refractivity contribution >= 4 is 0 Å².